The van der Waals surface area contributed by atoms with Gasteiger partial charge in [0, 0.05) is 69.5 Å². The summed E-state index contributed by atoms with van der Waals surface area (Å²) < 4.78 is 13.8. The number of nitrogens with zero attached hydrogens (tertiary/aromatic N) is 2. The summed E-state index contributed by atoms with van der Waals surface area (Å²) in [6, 6.07) is 120. The molecule has 2 aliphatic heterocycles. The highest BCUT2D eigenvalue weighted by atomic mass is 16.3. The number of unbranched alkanes of at least 4 members (excludes halogenated alkanes) is 6. The number of hydrogen-bond donors (Lipinski definition) is 0. The van der Waals surface area contributed by atoms with Gasteiger partial charge in [-0.3, -0.25) is 0 Å². The lowest BCUT2D eigenvalue weighted by atomic mass is 9.33. The molecule has 4 nitrogen and oxygen atoms in total. The minimum Gasteiger partial charge on any atom is -0.456 e. The molecule has 15 aromatic carbocycles. The molecule has 4 heterocycles. The first-order valence-corrected chi connectivity index (χ1v) is 41.4. The number of benzene rings is 15. The summed E-state index contributed by atoms with van der Waals surface area (Å²) in [5.74, 6) is 0. The second-order valence-electron chi connectivity index (χ2n) is 33.9. The van der Waals surface area contributed by atoms with E-state index in [1.54, 1.807) is 0 Å². The lowest BCUT2D eigenvalue weighted by molar-refractivity contribution is 0.589. The van der Waals surface area contributed by atoms with Gasteiger partial charge in [-0.05, 0) is 225 Å². The van der Waals surface area contributed by atoms with E-state index in [0.717, 1.165) is 110 Å². The van der Waals surface area contributed by atoms with Crippen LogP contribution in [0.15, 0.2) is 324 Å². The number of anilines is 4. The third kappa shape index (κ3) is 9.76. The standard InChI is InChI=1S/C108H85BN2O2/c1-106(2,3)72-62-99-105-100(63-72)111(59-31-7-5-9-33-69-35-11-13-37-74(69)71-55-57-82-80-43-19-27-51-92(80)108(94(82)61-71)89-48-24-16-40-77(89)78-41-17-25-49-90(78)108)98-67-104-86(84-45-21-29-53-102(84)113-104)65-96(98)109(105)95-64-85-83-44-20-28-52-101(83)112-103(85)66-97(95)110(99)58-30-6-4-8-32-68-34-10-12-36-73(68)70-54-56-81-79-42-18-26-50-91(79)107(93(81)60-70)87-46-22-14-38-75(87)76-39-15-23-47-88(76)107/h10-29,34-57,60-67H,4-9,30-33,58-59H2,1-3H3. The van der Waals surface area contributed by atoms with E-state index < -0.39 is 0 Å². The van der Waals surface area contributed by atoms with Gasteiger partial charge in [-0.1, -0.05) is 313 Å². The van der Waals surface area contributed by atoms with Crippen LogP contribution in [0, 0.1) is 0 Å². The zero-order valence-corrected chi connectivity index (χ0v) is 64.3. The molecule has 0 fully saturated rings. The molecule has 4 aliphatic carbocycles. The average Bonchev–Trinajstić information content (AvgIpc) is 1.52. The zero-order valence-electron chi connectivity index (χ0n) is 64.3. The van der Waals surface area contributed by atoms with Crippen LogP contribution >= 0.6 is 0 Å². The largest absolute Gasteiger partial charge is 0.456 e. The average molecular weight is 1450 g/mol. The van der Waals surface area contributed by atoms with E-state index in [9.17, 15) is 0 Å². The maximum atomic E-state index is 6.89. The zero-order chi connectivity index (χ0) is 74.8. The number of rotatable bonds is 16. The summed E-state index contributed by atoms with van der Waals surface area (Å²) in [5.41, 5.74) is 43.3. The Bertz CT molecular complexity index is 6290. The third-order valence-corrected chi connectivity index (χ3v) is 26.9. The van der Waals surface area contributed by atoms with Gasteiger partial charge in [-0.2, -0.15) is 0 Å². The number of para-hydroxylation sites is 2. The molecule has 0 atom stereocenters. The lowest BCUT2D eigenvalue weighted by Crippen LogP contribution is -2.62. The van der Waals surface area contributed by atoms with Gasteiger partial charge in [0.25, 0.3) is 6.71 Å². The van der Waals surface area contributed by atoms with Crippen molar-refractivity contribution in [3.05, 3.63) is 377 Å². The molecule has 0 amide bonds. The van der Waals surface area contributed by atoms with Crippen LogP contribution in [0.25, 0.3) is 111 Å². The first-order chi connectivity index (χ1) is 55.7. The Hall–Kier alpha value is -12.4. The van der Waals surface area contributed by atoms with E-state index in [1.165, 1.54) is 178 Å². The highest BCUT2D eigenvalue weighted by Gasteiger charge is 2.54. The fraction of sp³-hybridized carbons (Fsp3) is 0.167. The molecule has 17 aromatic rings. The lowest BCUT2D eigenvalue weighted by Gasteiger charge is -2.45. The van der Waals surface area contributed by atoms with Crippen molar-refractivity contribution < 1.29 is 8.83 Å². The van der Waals surface area contributed by atoms with Crippen LogP contribution in [-0.4, -0.2) is 19.8 Å². The molecule has 0 unspecified atom stereocenters. The van der Waals surface area contributed by atoms with Crippen molar-refractivity contribution >= 4 is 89.7 Å². The second-order valence-corrected chi connectivity index (χ2v) is 33.9. The van der Waals surface area contributed by atoms with Gasteiger partial charge in [0.05, 0.1) is 10.8 Å². The third-order valence-electron chi connectivity index (χ3n) is 26.9. The number of furan rings is 2. The van der Waals surface area contributed by atoms with E-state index in [2.05, 4.69) is 346 Å². The van der Waals surface area contributed by atoms with Crippen molar-refractivity contribution in [1.29, 1.82) is 0 Å². The summed E-state index contributed by atoms with van der Waals surface area (Å²) in [7, 11) is 0. The van der Waals surface area contributed by atoms with Crippen LogP contribution in [0.5, 0.6) is 0 Å². The van der Waals surface area contributed by atoms with Gasteiger partial charge in [0.15, 0.2) is 0 Å². The fourth-order valence-corrected chi connectivity index (χ4v) is 21.9. The molecular weight excluding hydrogens is 1370 g/mol. The predicted octanol–water partition coefficient (Wildman–Crippen LogP) is 25.8. The van der Waals surface area contributed by atoms with Crippen molar-refractivity contribution in [1.82, 2.24) is 0 Å². The van der Waals surface area contributed by atoms with Crippen molar-refractivity contribution in [2.75, 3.05) is 22.9 Å². The molecule has 2 aromatic heterocycles. The fourth-order valence-electron chi connectivity index (χ4n) is 21.9. The van der Waals surface area contributed by atoms with Crippen LogP contribution < -0.4 is 26.2 Å². The molecule has 0 radical (unpaired) electrons. The van der Waals surface area contributed by atoms with E-state index in [0.29, 0.717) is 0 Å². The van der Waals surface area contributed by atoms with Crippen molar-refractivity contribution in [2.45, 2.75) is 101 Å². The Kier molecular flexibility index (Phi) is 15.0. The van der Waals surface area contributed by atoms with Crippen LogP contribution in [0.3, 0.4) is 0 Å². The molecule has 0 N–H and O–H groups in total. The summed E-state index contributed by atoms with van der Waals surface area (Å²) in [6.45, 7) is 8.94. The Morgan fingerprint density at radius 3 is 0.982 bits per heavy atom. The van der Waals surface area contributed by atoms with E-state index in [4.69, 9.17) is 8.83 Å². The highest BCUT2D eigenvalue weighted by Crippen LogP contribution is 2.65. The van der Waals surface area contributed by atoms with Crippen LogP contribution in [0.1, 0.15) is 133 Å². The molecule has 2 spiro atoms. The summed E-state index contributed by atoms with van der Waals surface area (Å²) in [5, 5.41) is 4.66. The Morgan fingerprint density at radius 2 is 0.602 bits per heavy atom. The quantitative estimate of drug-likeness (QED) is 0.0713. The summed E-state index contributed by atoms with van der Waals surface area (Å²) in [4.78, 5) is 5.45. The minimum absolute atomic E-state index is 0.0320. The molecule has 23 rings (SSSR count). The normalized spacial score (nSPS) is 14.3. The van der Waals surface area contributed by atoms with Gasteiger partial charge in [0.2, 0.25) is 0 Å². The summed E-state index contributed by atoms with van der Waals surface area (Å²) >= 11 is 0. The maximum absolute atomic E-state index is 6.89. The highest BCUT2D eigenvalue weighted by molar-refractivity contribution is 7.00. The Balaban J connectivity index is 0.551. The van der Waals surface area contributed by atoms with Gasteiger partial charge < -0.3 is 18.6 Å². The van der Waals surface area contributed by atoms with Crippen molar-refractivity contribution in [3.63, 3.8) is 0 Å². The van der Waals surface area contributed by atoms with Gasteiger partial charge in [-0.15, -0.1) is 0 Å². The van der Waals surface area contributed by atoms with Crippen LogP contribution in [0.4, 0.5) is 22.7 Å². The predicted molar refractivity (Wildman–Crippen MR) is 472 cm³/mol. The van der Waals surface area contributed by atoms with Gasteiger partial charge >= 0.3 is 0 Å². The van der Waals surface area contributed by atoms with Gasteiger partial charge in [-0.25, -0.2) is 0 Å². The molecule has 0 bridgehead atoms. The SMILES string of the molecule is CC(C)(C)c1cc2c3c(c1)N(CCCCCCc1ccccc1-c1ccc4c(c1)C1(c5ccccc5-c5ccccc51)c1ccccc1-4)c1cc4oc5ccccc5c4cc1B3c1cc3c(cc1N2CCCCCCc1ccccc1-c1ccc2c(c1)C1(c4ccccc4-c4ccccc41)c1ccccc1-2)oc1ccccc13. The number of aryl methyl sites for hydroxylation is 2. The number of hydrogen-bond acceptors (Lipinski definition) is 4. The van der Waals surface area contributed by atoms with E-state index in [1.807, 2.05) is 0 Å². The monoisotopic (exact) mass is 1450 g/mol. The Morgan fingerprint density at radius 1 is 0.274 bits per heavy atom. The minimum atomic E-state index is -0.377. The van der Waals surface area contributed by atoms with Crippen molar-refractivity contribution in [2.24, 2.45) is 0 Å². The smallest absolute Gasteiger partial charge is 0.252 e. The van der Waals surface area contributed by atoms with E-state index in [-0.39, 0.29) is 23.0 Å². The molecule has 542 valence electrons. The first-order valence-electron chi connectivity index (χ1n) is 41.4. The van der Waals surface area contributed by atoms with Crippen LogP contribution in [0.2, 0.25) is 0 Å². The first kappa shape index (κ1) is 66.4. The second kappa shape index (κ2) is 25.6. The molecule has 113 heavy (non-hydrogen) atoms. The van der Waals surface area contributed by atoms with Crippen LogP contribution in [-0.2, 0) is 29.1 Å². The molecule has 6 aliphatic rings. The molecule has 0 saturated carbocycles. The van der Waals surface area contributed by atoms with E-state index >= 15 is 0 Å². The molecule has 5 heteroatoms. The molecule has 0 saturated heterocycles. The topological polar surface area (TPSA) is 32.8 Å². The Labute approximate surface area is 661 Å². The van der Waals surface area contributed by atoms with Gasteiger partial charge in [0.1, 0.15) is 22.3 Å². The maximum Gasteiger partial charge on any atom is 0.252 e. The van der Waals surface area contributed by atoms with Crippen molar-refractivity contribution in [3.8, 4) is 66.8 Å². The summed E-state index contributed by atoms with van der Waals surface area (Å²) in [6.07, 6.45) is 10.9. The number of fused-ring (bicyclic) bond motifs is 30. The molecular formula is C108H85BN2O2.